The summed E-state index contributed by atoms with van der Waals surface area (Å²) in [5.41, 5.74) is 0.867. The minimum Gasteiger partial charge on any atom is -0.455 e. The Bertz CT molecular complexity index is 706. The van der Waals surface area contributed by atoms with E-state index in [9.17, 15) is 18.0 Å². The van der Waals surface area contributed by atoms with E-state index in [1.807, 2.05) is 24.3 Å². The van der Waals surface area contributed by atoms with Crippen LogP contribution in [0.3, 0.4) is 0 Å². The number of rotatable bonds is 4. The second-order valence-electron chi connectivity index (χ2n) is 6.26. The zero-order valence-electron chi connectivity index (χ0n) is 13.8. The first-order valence-corrected chi connectivity index (χ1v) is 8.98. The molecule has 3 rings (SSSR count). The van der Waals surface area contributed by atoms with E-state index >= 15 is 0 Å². The van der Waals surface area contributed by atoms with Crippen LogP contribution in [0, 0.1) is 5.92 Å². The number of piperidine rings is 1. The van der Waals surface area contributed by atoms with Crippen molar-refractivity contribution < 1.29 is 22.7 Å². The summed E-state index contributed by atoms with van der Waals surface area (Å²) in [7, 11) is 0. The van der Waals surface area contributed by atoms with Gasteiger partial charge in [0.2, 0.25) is 0 Å². The fraction of sp³-hybridized carbons (Fsp3) is 0.529. The summed E-state index contributed by atoms with van der Waals surface area (Å²) < 4.78 is 43.8. The number of hydrogen-bond donors (Lipinski definition) is 0. The molecule has 0 saturated carbocycles. The van der Waals surface area contributed by atoms with Crippen LogP contribution in [-0.2, 0) is 9.53 Å². The zero-order chi connectivity index (χ0) is 18.0. The van der Waals surface area contributed by atoms with E-state index in [2.05, 4.69) is 4.98 Å². The first-order chi connectivity index (χ1) is 11.8. The van der Waals surface area contributed by atoms with Gasteiger partial charge < -0.3 is 4.74 Å². The van der Waals surface area contributed by atoms with Crippen LogP contribution in [0.2, 0.25) is 0 Å². The van der Waals surface area contributed by atoms with Crippen LogP contribution < -0.4 is 0 Å². The lowest BCUT2D eigenvalue weighted by Gasteiger charge is -2.31. The summed E-state index contributed by atoms with van der Waals surface area (Å²) in [5, 5.41) is 0.726. The molecule has 2 heterocycles. The largest absolute Gasteiger partial charge is 0.455 e. The Morgan fingerprint density at radius 2 is 2.04 bits per heavy atom. The predicted octanol–water partition coefficient (Wildman–Crippen LogP) is 4.17. The molecule has 0 spiro atoms. The Kier molecular flexibility index (Phi) is 5.29. The van der Waals surface area contributed by atoms with Gasteiger partial charge in [-0.2, -0.15) is 13.2 Å². The number of thiazole rings is 1. The van der Waals surface area contributed by atoms with E-state index in [4.69, 9.17) is 4.74 Å². The molecule has 1 saturated heterocycles. The number of para-hydroxylation sites is 1. The third-order valence-corrected chi connectivity index (χ3v) is 5.47. The fourth-order valence-electron chi connectivity index (χ4n) is 2.97. The first-order valence-electron chi connectivity index (χ1n) is 8.17. The number of carbonyl (C=O) groups is 1. The number of nitrogens with zero attached hydrogens (tertiary/aromatic N) is 2. The van der Waals surface area contributed by atoms with Crippen molar-refractivity contribution in [3.63, 3.8) is 0 Å². The molecule has 136 valence electrons. The molecule has 1 atom stereocenters. The summed E-state index contributed by atoms with van der Waals surface area (Å²) in [6.07, 6.45) is -3.88. The van der Waals surface area contributed by atoms with E-state index < -0.39 is 18.8 Å². The van der Waals surface area contributed by atoms with E-state index in [1.54, 1.807) is 6.92 Å². The highest BCUT2D eigenvalue weighted by atomic mass is 32.1. The second kappa shape index (κ2) is 7.29. The number of aromatic nitrogens is 1. The molecule has 1 aliphatic heterocycles. The number of fused-ring (bicyclic) bond motifs is 1. The molecule has 2 aromatic rings. The molecule has 25 heavy (non-hydrogen) atoms. The number of benzene rings is 1. The number of carbonyl (C=O) groups excluding carboxylic acids is 1. The second-order valence-corrected chi connectivity index (χ2v) is 7.33. The number of likely N-dealkylation sites (tertiary alicyclic amines) is 1. The Hall–Kier alpha value is -1.67. The standard InChI is InChI=1S/C17H19F3N2O2S/c1-11(15-21-13-4-2-3-5-14(13)25-15)24-16(23)12-6-8-22(9-7-12)10-17(18,19)20/h2-5,11-12H,6-10H2,1H3. The lowest BCUT2D eigenvalue weighted by Crippen LogP contribution is -2.41. The quantitative estimate of drug-likeness (QED) is 0.756. The summed E-state index contributed by atoms with van der Waals surface area (Å²) in [6.45, 7) is 1.37. The maximum Gasteiger partial charge on any atom is 0.401 e. The van der Waals surface area contributed by atoms with Crippen molar-refractivity contribution in [3.8, 4) is 0 Å². The Balaban J connectivity index is 1.54. The van der Waals surface area contributed by atoms with E-state index in [0.717, 1.165) is 15.2 Å². The minimum atomic E-state index is -4.20. The summed E-state index contributed by atoms with van der Waals surface area (Å²) >= 11 is 1.48. The third-order valence-electron chi connectivity index (χ3n) is 4.27. The molecule has 0 aliphatic carbocycles. The summed E-state index contributed by atoms with van der Waals surface area (Å²) in [4.78, 5) is 18.1. The highest BCUT2D eigenvalue weighted by molar-refractivity contribution is 7.18. The maximum absolute atomic E-state index is 12.4. The molecular formula is C17H19F3N2O2S. The normalized spacial score (nSPS) is 18.4. The van der Waals surface area contributed by atoms with Gasteiger partial charge in [0.15, 0.2) is 6.10 Å². The van der Waals surface area contributed by atoms with Gasteiger partial charge in [0.25, 0.3) is 0 Å². The Labute approximate surface area is 147 Å². The average molecular weight is 372 g/mol. The monoisotopic (exact) mass is 372 g/mol. The summed E-state index contributed by atoms with van der Waals surface area (Å²) in [6, 6.07) is 7.69. The molecule has 4 nitrogen and oxygen atoms in total. The van der Waals surface area contributed by atoms with Gasteiger partial charge in [-0.15, -0.1) is 11.3 Å². The smallest absolute Gasteiger partial charge is 0.401 e. The van der Waals surface area contributed by atoms with Gasteiger partial charge in [0.05, 0.1) is 22.7 Å². The molecule has 8 heteroatoms. The SMILES string of the molecule is CC(OC(=O)C1CCN(CC(F)(F)F)CC1)c1nc2ccccc2s1. The van der Waals surface area contributed by atoms with E-state index in [-0.39, 0.29) is 25.0 Å². The molecular weight excluding hydrogens is 353 g/mol. The van der Waals surface area contributed by atoms with Crippen LogP contribution in [0.1, 0.15) is 30.9 Å². The Morgan fingerprint density at radius 1 is 1.36 bits per heavy atom. The molecule has 0 amide bonds. The van der Waals surface area contributed by atoms with Gasteiger partial charge in [0.1, 0.15) is 5.01 Å². The first kappa shape index (κ1) is 18.1. The van der Waals surface area contributed by atoms with Crippen molar-refractivity contribution >= 4 is 27.5 Å². The number of esters is 1. The van der Waals surface area contributed by atoms with Crippen LogP contribution in [0.5, 0.6) is 0 Å². The fourth-order valence-corrected chi connectivity index (χ4v) is 3.91. The van der Waals surface area contributed by atoms with Gasteiger partial charge >= 0.3 is 12.1 Å². The molecule has 1 aliphatic rings. The topological polar surface area (TPSA) is 42.4 Å². The Morgan fingerprint density at radius 3 is 2.68 bits per heavy atom. The van der Waals surface area contributed by atoms with Crippen molar-refractivity contribution in [2.75, 3.05) is 19.6 Å². The van der Waals surface area contributed by atoms with Crippen molar-refractivity contribution in [1.29, 1.82) is 0 Å². The van der Waals surface area contributed by atoms with E-state index in [1.165, 1.54) is 16.2 Å². The van der Waals surface area contributed by atoms with Crippen LogP contribution in [-0.4, -0.2) is 41.7 Å². The third kappa shape index (κ3) is 4.70. The lowest BCUT2D eigenvalue weighted by atomic mass is 9.97. The van der Waals surface area contributed by atoms with Crippen molar-refractivity contribution in [2.24, 2.45) is 5.92 Å². The van der Waals surface area contributed by atoms with Crippen LogP contribution >= 0.6 is 11.3 Å². The van der Waals surface area contributed by atoms with Crippen molar-refractivity contribution in [2.45, 2.75) is 32.0 Å². The molecule has 0 bridgehead atoms. The van der Waals surface area contributed by atoms with E-state index in [0.29, 0.717) is 12.8 Å². The van der Waals surface area contributed by atoms with Crippen molar-refractivity contribution in [1.82, 2.24) is 9.88 Å². The van der Waals surface area contributed by atoms with Gasteiger partial charge in [-0.1, -0.05) is 12.1 Å². The highest BCUT2D eigenvalue weighted by Gasteiger charge is 2.34. The molecule has 1 unspecified atom stereocenters. The van der Waals surface area contributed by atoms with Gasteiger partial charge in [-0.3, -0.25) is 9.69 Å². The zero-order valence-corrected chi connectivity index (χ0v) is 14.6. The van der Waals surface area contributed by atoms with Gasteiger partial charge in [-0.05, 0) is 45.0 Å². The summed E-state index contributed by atoms with van der Waals surface area (Å²) in [5.74, 6) is -0.695. The van der Waals surface area contributed by atoms with Gasteiger partial charge in [0, 0.05) is 0 Å². The lowest BCUT2D eigenvalue weighted by molar-refractivity contribution is -0.159. The number of halogens is 3. The number of ether oxygens (including phenoxy) is 1. The maximum atomic E-state index is 12.4. The van der Waals surface area contributed by atoms with Gasteiger partial charge in [-0.25, -0.2) is 4.98 Å². The molecule has 1 aromatic carbocycles. The number of alkyl halides is 3. The van der Waals surface area contributed by atoms with Crippen LogP contribution in [0.25, 0.3) is 10.2 Å². The highest BCUT2D eigenvalue weighted by Crippen LogP contribution is 2.30. The molecule has 1 aromatic heterocycles. The molecule has 0 N–H and O–H groups in total. The average Bonchev–Trinajstić information content (AvgIpc) is 2.98. The number of hydrogen-bond acceptors (Lipinski definition) is 5. The van der Waals surface area contributed by atoms with Crippen LogP contribution in [0.15, 0.2) is 24.3 Å². The molecule has 0 radical (unpaired) electrons. The van der Waals surface area contributed by atoms with Crippen LogP contribution in [0.4, 0.5) is 13.2 Å². The molecule has 1 fully saturated rings. The predicted molar refractivity (Wildman–Crippen MR) is 89.3 cm³/mol. The minimum absolute atomic E-state index is 0.259. The van der Waals surface area contributed by atoms with Crippen molar-refractivity contribution in [3.05, 3.63) is 29.3 Å².